The van der Waals surface area contributed by atoms with E-state index in [4.69, 9.17) is 27.9 Å². The third-order valence-electron chi connectivity index (χ3n) is 3.50. The quantitative estimate of drug-likeness (QED) is 0.661. The lowest BCUT2D eigenvalue weighted by molar-refractivity contribution is -0.151. The minimum atomic E-state index is -0.464. The third kappa shape index (κ3) is 4.24. The molecule has 0 unspecified atom stereocenters. The van der Waals surface area contributed by atoms with Crippen LogP contribution in [0.5, 0.6) is 0 Å². The van der Waals surface area contributed by atoms with Crippen molar-refractivity contribution in [1.82, 2.24) is 0 Å². The van der Waals surface area contributed by atoms with E-state index < -0.39 is 5.91 Å². The summed E-state index contributed by atoms with van der Waals surface area (Å²) < 4.78 is 5.05. The number of anilines is 1. The Labute approximate surface area is 139 Å². The molecule has 0 fully saturated rings. The summed E-state index contributed by atoms with van der Waals surface area (Å²) >= 11 is 12.1. The van der Waals surface area contributed by atoms with Crippen molar-refractivity contribution in [1.29, 1.82) is 0 Å². The van der Waals surface area contributed by atoms with Gasteiger partial charge in [0.15, 0.2) is 6.61 Å². The van der Waals surface area contributed by atoms with E-state index in [0.29, 0.717) is 22.2 Å². The van der Waals surface area contributed by atoms with Crippen LogP contribution in [-0.2, 0) is 14.3 Å². The van der Waals surface area contributed by atoms with Gasteiger partial charge in [-0.3, -0.25) is 9.59 Å². The Kier molecular flexibility index (Phi) is 5.86. The summed E-state index contributed by atoms with van der Waals surface area (Å²) in [5.41, 5.74) is 1.14. The van der Waals surface area contributed by atoms with Gasteiger partial charge in [0.2, 0.25) is 0 Å². The maximum Gasteiger partial charge on any atom is 0.309 e. The van der Waals surface area contributed by atoms with Crippen LogP contribution >= 0.6 is 23.2 Å². The van der Waals surface area contributed by atoms with Gasteiger partial charge in [-0.2, -0.15) is 0 Å². The Morgan fingerprint density at radius 3 is 2.77 bits per heavy atom. The fourth-order valence-corrected chi connectivity index (χ4v) is 2.67. The maximum atomic E-state index is 11.9. The van der Waals surface area contributed by atoms with Gasteiger partial charge in [-0.15, -0.1) is 0 Å². The van der Waals surface area contributed by atoms with Crippen LogP contribution in [-0.4, -0.2) is 18.5 Å². The molecule has 2 rings (SSSR count). The van der Waals surface area contributed by atoms with Crippen molar-refractivity contribution in [3.8, 4) is 0 Å². The van der Waals surface area contributed by atoms with Crippen molar-refractivity contribution in [2.24, 2.45) is 5.92 Å². The second-order valence-electron chi connectivity index (χ2n) is 5.19. The van der Waals surface area contributed by atoms with Gasteiger partial charge in [-0.1, -0.05) is 41.4 Å². The zero-order chi connectivity index (χ0) is 16.1. The summed E-state index contributed by atoms with van der Waals surface area (Å²) in [6, 6.07) is 3.41. The van der Waals surface area contributed by atoms with E-state index in [-0.39, 0.29) is 18.5 Å². The number of hydrogen-bond donors (Lipinski definition) is 1. The molecule has 0 radical (unpaired) electrons. The SMILES string of the molecule is Cc1ccc(Cl)c(NC(=O)COC(=O)[C@@H]2CC=CCC2)c1Cl. The van der Waals surface area contributed by atoms with E-state index in [2.05, 4.69) is 5.32 Å². The smallest absolute Gasteiger partial charge is 0.309 e. The minimum Gasteiger partial charge on any atom is -0.455 e. The van der Waals surface area contributed by atoms with Crippen LogP contribution in [0.1, 0.15) is 24.8 Å². The van der Waals surface area contributed by atoms with Gasteiger partial charge >= 0.3 is 5.97 Å². The van der Waals surface area contributed by atoms with Crippen molar-refractivity contribution in [3.05, 3.63) is 39.9 Å². The fraction of sp³-hybridized carbons (Fsp3) is 0.375. The van der Waals surface area contributed by atoms with Crippen LogP contribution in [0.25, 0.3) is 0 Å². The van der Waals surface area contributed by atoms with Crippen LogP contribution in [0.4, 0.5) is 5.69 Å². The van der Waals surface area contributed by atoms with Crippen molar-refractivity contribution < 1.29 is 14.3 Å². The molecule has 1 aliphatic rings. The number of carbonyl (C=O) groups is 2. The van der Waals surface area contributed by atoms with E-state index in [1.54, 1.807) is 12.1 Å². The molecule has 1 aromatic rings. The number of carbonyl (C=O) groups excluding carboxylic acids is 2. The maximum absolute atomic E-state index is 11.9. The second kappa shape index (κ2) is 7.65. The first kappa shape index (κ1) is 16.8. The number of hydrogen-bond acceptors (Lipinski definition) is 3. The lowest BCUT2D eigenvalue weighted by Crippen LogP contribution is -2.25. The highest BCUT2D eigenvalue weighted by Gasteiger charge is 2.21. The standard InChI is InChI=1S/C16H17Cl2NO3/c1-10-7-8-12(17)15(14(10)18)19-13(20)9-22-16(21)11-5-3-2-4-6-11/h2-3,7-8,11H,4-6,9H2,1H3,(H,19,20)/t11-/m1/s1. The van der Waals surface area contributed by atoms with Gasteiger partial charge in [0, 0.05) is 0 Å². The molecule has 0 aromatic heterocycles. The van der Waals surface area contributed by atoms with E-state index in [1.165, 1.54) is 0 Å². The number of benzene rings is 1. The highest BCUT2D eigenvalue weighted by atomic mass is 35.5. The third-order valence-corrected chi connectivity index (χ3v) is 4.30. The summed E-state index contributed by atoms with van der Waals surface area (Å²) in [7, 11) is 0. The first-order valence-electron chi connectivity index (χ1n) is 7.05. The molecule has 4 nitrogen and oxygen atoms in total. The lowest BCUT2D eigenvalue weighted by Gasteiger charge is -2.16. The summed E-state index contributed by atoms with van der Waals surface area (Å²) in [5.74, 6) is -0.973. The summed E-state index contributed by atoms with van der Waals surface area (Å²) in [4.78, 5) is 23.8. The number of rotatable bonds is 4. The molecular formula is C16H17Cl2NO3. The summed E-state index contributed by atoms with van der Waals surface area (Å²) in [5, 5.41) is 3.30. The Balaban J connectivity index is 1.89. The molecule has 0 aliphatic heterocycles. The molecular weight excluding hydrogens is 325 g/mol. The number of halogens is 2. The summed E-state index contributed by atoms with van der Waals surface area (Å²) in [6.07, 6.45) is 6.28. The molecule has 1 aliphatic carbocycles. The fourth-order valence-electron chi connectivity index (χ4n) is 2.21. The number of amides is 1. The number of nitrogens with one attached hydrogen (secondary N) is 1. The van der Waals surface area contributed by atoms with Crippen molar-refractivity contribution >= 4 is 40.8 Å². The van der Waals surface area contributed by atoms with Gasteiger partial charge < -0.3 is 10.1 Å². The first-order chi connectivity index (χ1) is 10.5. The molecule has 0 saturated heterocycles. The van der Waals surface area contributed by atoms with Crippen LogP contribution in [0, 0.1) is 12.8 Å². The van der Waals surface area contributed by atoms with Crippen molar-refractivity contribution in [2.45, 2.75) is 26.2 Å². The van der Waals surface area contributed by atoms with Crippen molar-refractivity contribution in [2.75, 3.05) is 11.9 Å². The number of ether oxygens (including phenoxy) is 1. The molecule has 1 N–H and O–H groups in total. The molecule has 118 valence electrons. The van der Waals surface area contributed by atoms with Gasteiger partial charge in [-0.05, 0) is 37.8 Å². The van der Waals surface area contributed by atoms with Crippen LogP contribution in [0.15, 0.2) is 24.3 Å². The zero-order valence-electron chi connectivity index (χ0n) is 12.2. The van der Waals surface area contributed by atoms with E-state index in [9.17, 15) is 9.59 Å². The van der Waals surface area contributed by atoms with E-state index in [0.717, 1.165) is 18.4 Å². The average molecular weight is 342 g/mol. The van der Waals surface area contributed by atoms with E-state index in [1.807, 2.05) is 19.1 Å². The Morgan fingerprint density at radius 2 is 2.09 bits per heavy atom. The monoisotopic (exact) mass is 341 g/mol. The van der Waals surface area contributed by atoms with Gasteiger partial charge in [-0.25, -0.2) is 0 Å². The molecule has 22 heavy (non-hydrogen) atoms. The first-order valence-corrected chi connectivity index (χ1v) is 7.80. The zero-order valence-corrected chi connectivity index (χ0v) is 13.7. The molecule has 1 aromatic carbocycles. The van der Waals surface area contributed by atoms with Gasteiger partial charge in [0.25, 0.3) is 5.91 Å². The van der Waals surface area contributed by atoms with Crippen molar-refractivity contribution in [3.63, 3.8) is 0 Å². The normalized spacial score (nSPS) is 17.1. The number of esters is 1. The van der Waals surface area contributed by atoms with Gasteiger partial charge in [0.1, 0.15) is 0 Å². The Hall–Kier alpha value is -1.52. The molecule has 0 saturated carbocycles. The molecule has 0 spiro atoms. The molecule has 0 bridgehead atoms. The molecule has 1 atom stereocenters. The minimum absolute atomic E-state index is 0.163. The Bertz CT molecular complexity index is 614. The summed E-state index contributed by atoms with van der Waals surface area (Å²) in [6.45, 7) is 1.46. The number of allylic oxidation sites excluding steroid dienone is 2. The van der Waals surface area contributed by atoms with Gasteiger partial charge in [0.05, 0.1) is 21.7 Å². The predicted molar refractivity (Wildman–Crippen MR) is 87.3 cm³/mol. The second-order valence-corrected chi connectivity index (χ2v) is 5.98. The van der Waals surface area contributed by atoms with Crippen LogP contribution in [0.3, 0.4) is 0 Å². The highest BCUT2D eigenvalue weighted by Crippen LogP contribution is 2.32. The largest absolute Gasteiger partial charge is 0.455 e. The van der Waals surface area contributed by atoms with Crippen LogP contribution in [0.2, 0.25) is 10.0 Å². The van der Waals surface area contributed by atoms with E-state index >= 15 is 0 Å². The highest BCUT2D eigenvalue weighted by molar-refractivity contribution is 6.40. The lowest BCUT2D eigenvalue weighted by atomic mass is 9.95. The average Bonchev–Trinajstić information content (AvgIpc) is 2.53. The molecule has 6 heteroatoms. The number of aryl methyl sites for hydroxylation is 1. The topological polar surface area (TPSA) is 55.4 Å². The molecule has 1 amide bonds. The molecule has 0 heterocycles. The Morgan fingerprint density at radius 1 is 1.32 bits per heavy atom. The predicted octanol–water partition coefficient (Wildman–Crippen LogP) is 4.14. The van der Waals surface area contributed by atoms with Crippen LogP contribution < -0.4 is 5.32 Å².